The average Bonchev–Trinajstić information content (AvgIpc) is 2.58. The van der Waals surface area contributed by atoms with Gasteiger partial charge >= 0.3 is 0 Å². The Labute approximate surface area is 147 Å². The molecular formula is C18H17NO7. The van der Waals surface area contributed by atoms with Gasteiger partial charge in [0.2, 0.25) is 11.2 Å². The highest BCUT2D eigenvalue weighted by Gasteiger charge is 2.21. The largest absolute Gasteiger partial charge is 0.508 e. The number of fused-ring (bicyclic) bond motifs is 1. The molecule has 0 fully saturated rings. The molecule has 0 amide bonds. The highest BCUT2D eigenvalue weighted by atomic mass is 16.7. The zero-order valence-electron chi connectivity index (χ0n) is 13.8. The highest BCUT2D eigenvalue weighted by Crippen LogP contribution is 2.38. The van der Waals surface area contributed by atoms with Gasteiger partial charge in [0.05, 0.1) is 0 Å². The van der Waals surface area contributed by atoms with Crippen molar-refractivity contribution in [3.8, 4) is 40.1 Å². The third-order valence-electron chi connectivity index (χ3n) is 3.68. The monoisotopic (exact) mass is 359 g/mol. The van der Waals surface area contributed by atoms with E-state index in [2.05, 4.69) is 5.48 Å². The van der Waals surface area contributed by atoms with Gasteiger partial charge < -0.3 is 29.7 Å². The molecule has 0 spiro atoms. The van der Waals surface area contributed by atoms with Gasteiger partial charge in [-0.25, -0.2) is 0 Å². The molecule has 0 saturated carbocycles. The predicted octanol–water partition coefficient (Wildman–Crippen LogP) is 2.58. The Hall–Kier alpha value is -3.39. The summed E-state index contributed by atoms with van der Waals surface area (Å²) in [7, 11) is 0. The molecule has 3 aromatic rings. The summed E-state index contributed by atoms with van der Waals surface area (Å²) in [5.74, 6) is -1.73. The van der Waals surface area contributed by atoms with Crippen molar-refractivity contribution in [2.75, 3.05) is 6.54 Å². The third-order valence-corrected chi connectivity index (χ3v) is 3.68. The summed E-state index contributed by atoms with van der Waals surface area (Å²) in [4.78, 5) is 18.2. The smallest absolute Gasteiger partial charge is 0.241 e. The molecule has 8 nitrogen and oxygen atoms in total. The Balaban J connectivity index is 2.29. The van der Waals surface area contributed by atoms with Crippen LogP contribution in [-0.4, -0.2) is 27.0 Å². The Morgan fingerprint density at radius 1 is 1.04 bits per heavy atom. The molecule has 0 aliphatic heterocycles. The normalized spacial score (nSPS) is 11.0. The molecular weight excluding hydrogens is 342 g/mol. The molecule has 3 rings (SSSR count). The van der Waals surface area contributed by atoms with Gasteiger partial charge in [-0.1, -0.05) is 6.92 Å². The van der Waals surface area contributed by atoms with Crippen molar-refractivity contribution < 1.29 is 29.7 Å². The maximum atomic E-state index is 12.8. The maximum absolute atomic E-state index is 12.8. The number of hydrogen-bond acceptors (Lipinski definition) is 8. The standard InChI is InChI=1S/C18H17NO7/c1-2-5-19-26-18-16(24)15-13(23)7-10(20)8-14(15)25-17(18)9-3-4-11(21)12(22)6-9/h3-4,6-8,19-23H,2,5H2,1H3. The van der Waals surface area contributed by atoms with Crippen LogP contribution in [0.5, 0.6) is 28.7 Å². The third kappa shape index (κ3) is 3.09. The fourth-order valence-corrected chi connectivity index (χ4v) is 2.44. The molecule has 2 aromatic carbocycles. The van der Waals surface area contributed by atoms with E-state index in [1.54, 1.807) is 0 Å². The van der Waals surface area contributed by atoms with Crippen LogP contribution < -0.4 is 15.7 Å². The lowest BCUT2D eigenvalue weighted by atomic mass is 10.1. The van der Waals surface area contributed by atoms with E-state index in [0.29, 0.717) is 6.54 Å². The van der Waals surface area contributed by atoms with Crippen LogP contribution in [0.4, 0.5) is 0 Å². The van der Waals surface area contributed by atoms with Crippen molar-refractivity contribution >= 4 is 11.0 Å². The summed E-state index contributed by atoms with van der Waals surface area (Å²) >= 11 is 0. The van der Waals surface area contributed by atoms with E-state index in [9.17, 15) is 25.2 Å². The van der Waals surface area contributed by atoms with Crippen molar-refractivity contribution in [2.24, 2.45) is 0 Å². The molecule has 0 saturated heterocycles. The van der Waals surface area contributed by atoms with Gasteiger partial charge in [-0.3, -0.25) is 4.79 Å². The van der Waals surface area contributed by atoms with Crippen LogP contribution in [0.2, 0.25) is 0 Å². The first-order chi connectivity index (χ1) is 12.4. The molecule has 0 aliphatic carbocycles. The van der Waals surface area contributed by atoms with Crippen LogP contribution in [0, 0.1) is 0 Å². The summed E-state index contributed by atoms with van der Waals surface area (Å²) in [5.41, 5.74) is 2.17. The van der Waals surface area contributed by atoms with Gasteiger partial charge in [0.15, 0.2) is 17.3 Å². The van der Waals surface area contributed by atoms with Crippen LogP contribution in [-0.2, 0) is 0 Å². The number of phenols is 4. The first kappa shape index (κ1) is 17.4. The Kier molecular flexibility index (Phi) is 4.59. The number of phenolic OH excluding ortho intramolecular Hbond substituents is 4. The second-order valence-corrected chi connectivity index (χ2v) is 5.63. The number of rotatable bonds is 5. The molecule has 0 bridgehead atoms. The molecule has 0 radical (unpaired) electrons. The maximum Gasteiger partial charge on any atom is 0.241 e. The van der Waals surface area contributed by atoms with Crippen LogP contribution in [0.3, 0.4) is 0 Å². The summed E-state index contributed by atoms with van der Waals surface area (Å²) < 4.78 is 5.67. The van der Waals surface area contributed by atoms with Crippen molar-refractivity contribution in [3.05, 3.63) is 40.6 Å². The lowest BCUT2D eigenvalue weighted by molar-refractivity contribution is 0.191. The minimum Gasteiger partial charge on any atom is -0.508 e. The number of benzene rings is 2. The summed E-state index contributed by atoms with van der Waals surface area (Å²) in [6, 6.07) is 6.07. The van der Waals surface area contributed by atoms with E-state index in [-0.39, 0.29) is 39.5 Å². The molecule has 0 aliphatic rings. The number of nitrogens with one attached hydrogen (secondary N) is 1. The van der Waals surface area contributed by atoms with Crippen LogP contribution in [0.15, 0.2) is 39.5 Å². The molecule has 5 N–H and O–H groups in total. The van der Waals surface area contributed by atoms with Crippen LogP contribution in [0.1, 0.15) is 13.3 Å². The van der Waals surface area contributed by atoms with Gasteiger partial charge in [0.1, 0.15) is 22.5 Å². The fourth-order valence-electron chi connectivity index (χ4n) is 2.44. The van der Waals surface area contributed by atoms with Crippen molar-refractivity contribution in [2.45, 2.75) is 13.3 Å². The van der Waals surface area contributed by atoms with E-state index in [4.69, 9.17) is 9.25 Å². The summed E-state index contributed by atoms with van der Waals surface area (Å²) in [6.45, 7) is 2.37. The average molecular weight is 359 g/mol. The van der Waals surface area contributed by atoms with Crippen molar-refractivity contribution in [1.82, 2.24) is 5.48 Å². The zero-order chi connectivity index (χ0) is 18.8. The SMILES string of the molecule is CCCNOc1c(-c2ccc(O)c(O)c2)oc2cc(O)cc(O)c2c1=O. The van der Waals surface area contributed by atoms with Crippen molar-refractivity contribution in [3.63, 3.8) is 0 Å². The van der Waals surface area contributed by atoms with Crippen LogP contribution in [0.25, 0.3) is 22.3 Å². The molecule has 8 heteroatoms. The first-order valence-electron chi connectivity index (χ1n) is 7.87. The topological polar surface area (TPSA) is 132 Å². The van der Waals surface area contributed by atoms with Crippen LogP contribution >= 0.6 is 0 Å². The lowest BCUT2D eigenvalue weighted by Crippen LogP contribution is -2.23. The Morgan fingerprint density at radius 3 is 2.50 bits per heavy atom. The van der Waals surface area contributed by atoms with Gasteiger partial charge in [0.25, 0.3) is 0 Å². The van der Waals surface area contributed by atoms with Gasteiger partial charge in [0, 0.05) is 24.2 Å². The number of hydrogen-bond donors (Lipinski definition) is 5. The van der Waals surface area contributed by atoms with E-state index in [0.717, 1.165) is 12.5 Å². The zero-order valence-corrected chi connectivity index (χ0v) is 13.8. The van der Waals surface area contributed by atoms with E-state index in [1.807, 2.05) is 6.92 Å². The lowest BCUT2D eigenvalue weighted by Gasteiger charge is -2.12. The number of aromatic hydroxyl groups is 4. The molecule has 136 valence electrons. The summed E-state index contributed by atoms with van der Waals surface area (Å²) in [6.07, 6.45) is 0.743. The van der Waals surface area contributed by atoms with Gasteiger partial charge in [-0.15, -0.1) is 0 Å². The second-order valence-electron chi connectivity index (χ2n) is 5.63. The van der Waals surface area contributed by atoms with Crippen molar-refractivity contribution in [1.29, 1.82) is 0 Å². The predicted molar refractivity (Wildman–Crippen MR) is 93.5 cm³/mol. The molecule has 0 atom stereocenters. The minimum absolute atomic E-state index is 0.0357. The second kappa shape index (κ2) is 6.85. The Bertz CT molecular complexity index is 1030. The van der Waals surface area contributed by atoms with Gasteiger partial charge in [-0.2, -0.15) is 5.48 Å². The molecule has 1 aromatic heterocycles. The fraction of sp³-hybridized carbons (Fsp3) is 0.167. The quantitative estimate of drug-likeness (QED) is 0.267. The first-order valence-corrected chi connectivity index (χ1v) is 7.87. The van der Waals surface area contributed by atoms with E-state index < -0.39 is 16.9 Å². The molecule has 26 heavy (non-hydrogen) atoms. The van der Waals surface area contributed by atoms with Gasteiger partial charge in [-0.05, 0) is 24.6 Å². The van der Waals surface area contributed by atoms with E-state index in [1.165, 1.54) is 24.3 Å². The molecule has 1 heterocycles. The summed E-state index contributed by atoms with van der Waals surface area (Å²) in [5, 5.41) is 38.7. The number of hydroxylamine groups is 1. The minimum atomic E-state index is -0.657. The Morgan fingerprint density at radius 2 is 1.81 bits per heavy atom. The molecule has 0 unspecified atom stereocenters. The van der Waals surface area contributed by atoms with E-state index >= 15 is 0 Å². The highest BCUT2D eigenvalue weighted by molar-refractivity contribution is 5.88.